The first kappa shape index (κ1) is 63.0. The van der Waals surface area contributed by atoms with E-state index < -0.39 is 108 Å². The maximum absolute atomic E-state index is 14.4. The number of benzene rings is 4. The SMILES string of the molecule is CCC1CC2CC(OC(=O)C3C4CC5C(OC(=O)C53)C4OC(=O)C(F)(F)S(=O)(=O)O)CC(C2)C1CC1(OC(=O)COc2ccc(Oc3ccc([I+]c4ccc(Oc5ccc(OCC(=O)OC6(C)C7CC8CC(C7)CC6C8)cc5)cc4)cc3)cc2)C2CC3CC(C2)CC1C3. The van der Waals surface area contributed by atoms with Gasteiger partial charge in [0.05, 0.1) is 11.8 Å². The van der Waals surface area contributed by atoms with Gasteiger partial charge in [0, 0.05) is 11.8 Å². The van der Waals surface area contributed by atoms with Gasteiger partial charge in [0.2, 0.25) is 0 Å². The molecular weight excluding hydrogens is 1330 g/mol. The third-order valence-corrected chi connectivity index (χ3v) is 27.7. The van der Waals surface area contributed by atoms with Crippen molar-refractivity contribution < 1.29 is 110 Å². The molecule has 4 aromatic rings. The fourth-order valence-electron chi connectivity index (χ4n) is 20.6. The van der Waals surface area contributed by atoms with Gasteiger partial charge in [-0.2, -0.15) is 17.2 Å². The van der Waals surface area contributed by atoms with Crippen LogP contribution in [-0.4, -0.2) is 90.8 Å². The fraction of sp³-hybridized carbons (Fsp3) is 0.597. The zero-order valence-electron chi connectivity index (χ0n) is 52.2. The molecule has 13 fully saturated rings. The van der Waals surface area contributed by atoms with Crippen LogP contribution < -0.4 is 40.2 Å². The number of halogens is 3. The lowest BCUT2D eigenvalue weighted by molar-refractivity contribution is -0.597. The highest BCUT2D eigenvalue weighted by atomic mass is 127. The molecule has 13 aliphatic rings. The molecule has 11 unspecified atom stereocenters. The lowest BCUT2D eigenvalue weighted by Gasteiger charge is -2.62. The quantitative estimate of drug-likeness (QED) is 0.0335. The summed E-state index contributed by atoms with van der Waals surface area (Å²) in [7, 11) is -6.16. The summed E-state index contributed by atoms with van der Waals surface area (Å²) >= 11 is -0.485. The summed E-state index contributed by atoms with van der Waals surface area (Å²) in [5.74, 6) is 0.681. The van der Waals surface area contributed by atoms with E-state index in [1.807, 2.05) is 48.5 Å². The molecular formula is C72H80F2IO17S+. The maximum Gasteiger partial charge on any atom is 0.465 e. The smallest absolute Gasteiger partial charge is 0.465 e. The molecule has 21 heteroatoms. The number of fused-ring (bicyclic) bond motifs is 3. The van der Waals surface area contributed by atoms with E-state index in [1.54, 1.807) is 24.3 Å². The Hall–Kier alpha value is -6.07. The Morgan fingerprint density at radius 3 is 1.57 bits per heavy atom. The topological polar surface area (TPSA) is 223 Å². The van der Waals surface area contributed by atoms with E-state index in [0.29, 0.717) is 83.3 Å². The van der Waals surface area contributed by atoms with Crippen molar-refractivity contribution >= 4 is 40.0 Å². The van der Waals surface area contributed by atoms with Crippen LogP contribution in [0.25, 0.3) is 0 Å². The number of esters is 5. The summed E-state index contributed by atoms with van der Waals surface area (Å²) in [4.78, 5) is 67.2. The minimum Gasteiger partial charge on any atom is -0.482 e. The monoisotopic (exact) mass is 1410 g/mol. The van der Waals surface area contributed by atoms with E-state index in [4.69, 9.17) is 47.2 Å². The number of hydrogen-bond donors (Lipinski definition) is 1. The lowest BCUT2D eigenvalue weighted by atomic mass is 9.47. The Kier molecular flexibility index (Phi) is 16.6. The maximum atomic E-state index is 14.4. The van der Waals surface area contributed by atoms with Crippen LogP contribution in [0.1, 0.15) is 123 Å². The van der Waals surface area contributed by atoms with Gasteiger partial charge in [-0.05, 0) is 278 Å². The highest BCUT2D eigenvalue weighted by Gasteiger charge is 2.72. The molecule has 1 aliphatic heterocycles. The second-order valence-corrected chi connectivity index (χ2v) is 34.0. The van der Waals surface area contributed by atoms with Crippen molar-refractivity contribution in [1.82, 2.24) is 0 Å². The van der Waals surface area contributed by atoms with Crippen molar-refractivity contribution in [2.45, 2.75) is 158 Å². The van der Waals surface area contributed by atoms with Gasteiger partial charge in [-0.25, -0.2) is 14.4 Å². The summed E-state index contributed by atoms with van der Waals surface area (Å²) < 4.78 is 117. The van der Waals surface area contributed by atoms with Gasteiger partial charge < -0.3 is 42.6 Å². The van der Waals surface area contributed by atoms with E-state index in [0.717, 1.165) is 56.8 Å². The van der Waals surface area contributed by atoms with Crippen LogP contribution in [0.3, 0.4) is 0 Å². The van der Waals surface area contributed by atoms with Gasteiger partial charge >= 0.3 is 66.4 Å². The first-order valence-corrected chi connectivity index (χ1v) is 37.3. The number of alkyl halides is 2. The minimum atomic E-state index is -6.16. The first-order valence-electron chi connectivity index (χ1n) is 33.7. The predicted octanol–water partition coefficient (Wildman–Crippen LogP) is 9.62. The zero-order valence-corrected chi connectivity index (χ0v) is 55.1. The van der Waals surface area contributed by atoms with E-state index >= 15 is 0 Å². The molecule has 0 amide bonds. The Balaban J connectivity index is 0.527. The van der Waals surface area contributed by atoms with Crippen LogP contribution in [-0.2, 0) is 57.8 Å². The zero-order chi connectivity index (χ0) is 64.3. The standard InChI is InChI=1S/C72H79F2IO17S/c1-3-43-22-42-23-44(33-57(32-42)88-67(78)63-59-34-58-64(63)68(79)89-65(58)66(59)90-69(80)72(73,74)93(81,82)83)60(43)35-71(47-28-40-21-41(30-47)31-48(71)29-40)92-62(77)37-85-52-14-18-56(19-15-52)87-54-10-6-50(7-11-54)75-49-4-8-53(9-5-49)86-55-16-12-51(13-17-55)84-36-61(76)91-70(2)45-24-38-20-39(26-45)27-46(70)25-38/h4-19,38-48,57-60,63-66H,3,20-37H2,1-2H3/p+1. The van der Waals surface area contributed by atoms with Gasteiger partial charge in [0.15, 0.2) is 20.4 Å². The average molecular weight is 1410 g/mol. The third-order valence-electron chi connectivity index (χ3n) is 24.2. The third kappa shape index (κ3) is 12.1. The summed E-state index contributed by atoms with van der Waals surface area (Å²) in [6.07, 6.45) is 13.0. The normalized spacial score (nSPS) is 37.0. The van der Waals surface area contributed by atoms with E-state index in [1.165, 1.54) is 45.7 Å². The van der Waals surface area contributed by atoms with Gasteiger partial charge in [0.25, 0.3) is 0 Å². The highest BCUT2D eigenvalue weighted by Crippen LogP contribution is 2.65. The van der Waals surface area contributed by atoms with Crippen molar-refractivity contribution in [1.29, 1.82) is 0 Å². The molecule has 496 valence electrons. The van der Waals surface area contributed by atoms with Crippen LogP contribution in [0.4, 0.5) is 8.78 Å². The average Bonchev–Trinajstić information content (AvgIpc) is 1.51. The molecule has 12 aliphatic carbocycles. The molecule has 1 saturated heterocycles. The van der Waals surface area contributed by atoms with Crippen LogP contribution in [0.2, 0.25) is 0 Å². The summed E-state index contributed by atoms with van der Waals surface area (Å²) in [6, 6.07) is 30.7. The predicted molar refractivity (Wildman–Crippen MR) is 324 cm³/mol. The van der Waals surface area contributed by atoms with Crippen LogP contribution in [0, 0.1) is 102 Å². The lowest BCUT2D eigenvalue weighted by Crippen LogP contribution is -3.61. The van der Waals surface area contributed by atoms with Crippen molar-refractivity contribution in [3.63, 3.8) is 0 Å². The summed E-state index contributed by atoms with van der Waals surface area (Å²) in [5, 5.41) is -5.26. The van der Waals surface area contributed by atoms with Crippen molar-refractivity contribution in [2.75, 3.05) is 13.2 Å². The molecule has 12 bridgehead atoms. The Labute approximate surface area is 550 Å². The molecule has 12 saturated carbocycles. The largest absolute Gasteiger partial charge is 0.482 e. The van der Waals surface area contributed by atoms with Crippen molar-refractivity contribution in [3.05, 3.63) is 104 Å². The Bertz CT molecular complexity index is 3570. The molecule has 0 aromatic heterocycles. The van der Waals surface area contributed by atoms with E-state index in [-0.39, 0.29) is 60.8 Å². The van der Waals surface area contributed by atoms with Gasteiger partial charge in [-0.15, -0.1) is 0 Å². The molecule has 4 aromatic carbocycles. The van der Waals surface area contributed by atoms with Crippen molar-refractivity contribution in [2.24, 2.45) is 94.7 Å². The number of rotatable bonds is 22. The molecule has 0 radical (unpaired) electrons. The fourth-order valence-corrected chi connectivity index (χ4v) is 23.0. The van der Waals surface area contributed by atoms with E-state index in [2.05, 4.69) is 38.1 Å². The van der Waals surface area contributed by atoms with Crippen LogP contribution >= 0.6 is 0 Å². The molecule has 17 nitrogen and oxygen atoms in total. The Morgan fingerprint density at radius 2 is 1.06 bits per heavy atom. The molecule has 11 atom stereocenters. The summed E-state index contributed by atoms with van der Waals surface area (Å²) in [5.41, 5.74) is -1.05. The Morgan fingerprint density at radius 1 is 0.591 bits per heavy atom. The first-order chi connectivity index (χ1) is 44.6. The van der Waals surface area contributed by atoms with Gasteiger partial charge in [0.1, 0.15) is 64.0 Å². The second-order valence-electron chi connectivity index (χ2n) is 29.5. The molecule has 93 heavy (non-hydrogen) atoms. The number of hydrogen-bond acceptors (Lipinski definition) is 16. The van der Waals surface area contributed by atoms with E-state index in [9.17, 15) is 41.2 Å². The highest BCUT2D eigenvalue weighted by molar-refractivity contribution is 7.87. The summed E-state index contributed by atoms with van der Waals surface area (Å²) in [6.45, 7) is 3.99. The molecule has 17 rings (SSSR count). The number of carbonyl (C=O) groups excluding carboxylic acids is 5. The van der Waals surface area contributed by atoms with Gasteiger partial charge in [-0.1, -0.05) is 13.3 Å². The molecule has 1 N–H and O–H groups in total. The van der Waals surface area contributed by atoms with Crippen LogP contribution in [0.5, 0.6) is 34.5 Å². The number of carbonyl (C=O) groups is 5. The minimum absolute atomic E-state index is 0.122. The van der Waals surface area contributed by atoms with Crippen LogP contribution in [0.15, 0.2) is 97.1 Å². The second kappa shape index (κ2) is 24.5. The van der Waals surface area contributed by atoms with Crippen molar-refractivity contribution in [3.8, 4) is 34.5 Å². The molecule has 1 heterocycles. The number of ether oxygens (including phenoxy) is 9. The molecule has 0 spiro atoms. The van der Waals surface area contributed by atoms with Gasteiger partial charge in [-0.3, -0.25) is 14.1 Å².